The van der Waals surface area contributed by atoms with Crippen LogP contribution in [0.3, 0.4) is 0 Å². The number of nitrogens with zero attached hydrogens (tertiary/aromatic N) is 2. The first-order valence-corrected chi connectivity index (χ1v) is 9.28. The van der Waals surface area contributed by atoms with E-state index in [9.17, 15) is 4.79 Å². The number of carbonyl (C=O) groups excluding carboxylic acids is 1. The summed E-state index contributed by atoms with van der Waals surface area (Å²) in [6.45, 7) is 1.05. The number of hydrogen-bond donors (Lipinski definition) is 1. The summed E-state index contributed by atoms with van der Waals surface area (Å²) in [5.74, 6) is 1.21. The van der Waals surface area contributed by atoms with Crippen LogP contribution in [0, 0.1) is 0 Å². The van der Waals surface area contributed by atoms with Gasteiger partial charge in [0.2, 0.25) is 5.91 Å². The van der Waals surface area contributed by atoms with Crippen molar-refractivity contribution in [2.45, 2.75) is 38.6 Å². The van der Waals surface area contributed by atoms with Gasteiger partial charge in [-0.3, -0.25) is 4.79 Å². The lowest BCUT2D eigenvalue weighted by molar-refractivity contribution is -0.116. The number of aryl methyl sites for hydroxylation is 3. The first-order chi connectivity index (χ1) is 12.8. The summed E-state index contributed by atoms with van der Waals surface area (Å²) in [6, 6.07) is 18.1. The lowest BCUT2D eigenvalue weighted by atomic mass is 10.1. The van der Waals surface area contributed by atoms with Crippen LogP contribution in [0.1, 0.15) is 30.7 Å². The van der Waals surface area contributed by atoms with Gasteiger partial charge in [-0.2, -0.15) is 0 Å². The van der Waals surface area contributed by atoms with Gasteiger partial charge in [-0.15, -0.1) is 0 Å². The molecule has 0 radical (unpaired) electrons. The highest BCUT2D eigenvalue weighted by Crippen LogP contribution is 2.25. The molecule has 4 heteroatoms. The minimum atomic E-state index is 0.0372. The number of hydrogen-bond acceptors (Lipinski definition) is 2. The fourth-order valence-electron chi connectivity index (χ4n) is 3.43. The Morgan fingerprint density at radius 2 is 1.96 bits per heavy atom. The molecule has 0 bridgehead atoms. The molecule has 1 aliphatic heterocycles. The first-order valence-electron chi connectivity index (χ1n) is 9.28. The van der Waals surface area contributed by atoms with Gasteiger partial charge >= 0.3 is 0 Å². The maximum Gasteiger partial charge on any atom is 0.224 e. The smallest absolute Gasteiger partial charge is 0.224 e. The number of imidazole rings is 1. The van der Waals surface area contributed by atoms with Crippen molar-refractivity contribution in [2.75, 3.05) is 5.32 Å². The number of fused-ring (bicyclic) bond motifs is 1. The molecule has 3 aromatic rings. The molecule has 0 spiro atoms. The van der Waals surface area contributed by atoms with Crippen LogP contribution in [0.5, 0.6) is 0 Å². The van der Waals surface area contributed by atoms with E-state index in [0.29, 0.717) is 6.42 Å². The van der Waals surface area contributed by atoms with E-state index in [0.717, 1.165) is 36.3 Å². The highest BCUT2D eigenvalue weighted by molar-refractivity contribution is 5.91. The molecule has 1 aromatic heterocycles. The van der Waals surface area contributed by atoms with Gasteiger partial charge < -0.3 is 9.88 Å². The second kappa shape index (κ2) is 7.56. The molecule has 1 amide bonds. The van der Waals surface area contributed by atoms with Gasteiger partial charge in [0.15, 0.2) is 0 Å². The Kier molecular flexibility index (Phi) is 4.82. The van der Waals surface area contributed by atoms with Crippen LogP contribution in [0.15, 0.2) is 60.8 Å². The fourth-order valence-corrected chi connectivity index (χ4v) is 3.43. The number of aromatic nitrogens is 2. The van der Waals surface area contributed by atoms with E-state index in [-0.39, 0.29) is 5.91 Å². The van der Waals surface area contributed by atoms with Crippen LogP contribution in [-0.2, 0) is 24.2 Å². The van der Waals surface area contributed by atoms with E-state index < -0.39 is 0 Å². The fraction of sp³-hybridized carbons (Fsp3) is 0.273. The Morgan fingerprint density at radius 1 is 1.08 bits per heavy atom. The van der Waals surface area contributed by atoms with Crippen LogP contribution >= 0.6 is 0 Å². The summed E-state index contributed by atoms with van der Waals surface area (Å²) >= 11 is 0. The Morgan fingerprint density at radius 3 is 2.81 bits per heavy atom. The number of amides is 1. The van der Waals surface area contributed by atoms with Crippen molar-refractivity contribution < 1.29 is 4.79 Å². The van der Waals surface area contributed by atoms with Crippen LogP contribution in [0.4, 0.5) is 5.69 Å². The van der Waals surface area contributed by atoms with Crippen LogP contribution < -0.4 is 5.32 Å². The van der Waals surface area contributed by atoms with E-state index in [1.165, 1.54) is 24.2 Å². The van der Waals surface area contributed by atoms with Gasteiger partial charge in [-0.05, 0) is 37.0 Å². The standard InChI is InChI=1S/C22H23N3O/c26-22(13-12-17-7-2-1-3-8-17)23-19-10-6-9-18(15-19)20-16-25-14-5-4-11-21(25)24-20/h1-3,6-10,15-16H,4-5,11-14H2,(H,23,26). The number of anilines is 1. The number of benzene rings is 2. The molecule has 26 heavy (non-hydrogen) atoms. The predicted octanol–water partition coefficient (Wildman–Crippen LogP) is 4.46. The molecule has 4 rings (SSSR count). The van der Waals surface area contributed by atoms with Crippen molar-refractivity contribution in [1.29, 1.82) is 0 Å². The van der Waals surface area contributed by atoms with Crippen molar-refractivity contribution in [3.05, 3.63) is 72.2 Å². The van der Waals surface area contributed by atoms with Crippen molar-refractivity contribution in [3.8, 4) is 11.3 Å². The maximum absolute atomic E-state index is 12.3. The summed E-state index contributed by atoms with van der Waals surface area (Å²) < 4.78 is 2.25. The van der Waals surface area contributed by atoms with Gasteiger partial charge in [-0.1, -0.05) is 42.5 Å². The molecule has 0 unspecified atom stereocenters. The Labute approximate surface area is 153 Å². The number of nitrogens with one attached hydrogen (secondary N) is 1. The Balaban J connectivity index is 1.42. The molecule has 0 saturated heterocycles. The van der Waals surface area contributed by atoms with Crippen molar-refractivity contribution in [2.24, 2.45) is 0 Å². The number of carbonyl (C=O) groups is 1. The van der Waals surface area contributed by atoms with Gasteiger partial charge in [0.25, 0.3) is 0 Å². The lowest BCUT2D eigenvalue weighted by Gasteiger charge is -2.11. The molecule has 132 valence electrons. The molecule has 2 aromatic carbocycles. The van der Waals surface area contributed by atoms with Crippen molar-refractivity contribution in [3.63, 3.8) is 0 Å². The van der Waals surface area contributed by atoms with Crippen LogP contribution in [0.2, 0.25) is 0 Å². The van der Waals surface area contributed by atoms with E-state index in [4.69, 9.17) is 4.98 Å². The van der Waals surface area contributed by atoms with Gasteiger partial charge in [0.05, 0.1) is 5.69 Å². The van der Waals surface area contributed by atoms with Crippen molar-refractivity contribution in [1.82, 2.24) is 9.55 Å². The molecule has 0 saturated carbocycles. The topological polar surface area (TPSA) is 46.9 Å². The Hall–Kier alpha value is -2.88. The molecular formula is C22H23N3O. The SMILES string of the molecule is O=C(CCc1ccccc1)Nc1cccc(-c2cn3c(n2)CCCC3)c1. The number of rotatable bonds is 5. The minimum Gasteiger partial charge on any atom is -0.334 e. The lowest BCUT2D eigenvalue weighted by Crippen LogP contribution is -2.12. The average Bonchev–Trinajstić information content (AvgIpc) is 3.12. The third-order valence-corrected chi connectivity index (χ3v) is 4.83. The van der Waals surface area contributed by atoms with Crippen molar-refractivity contribution >= 4 is 11.6 Å². The first kappa shape index (κ1) is 16.6. The third kappa shape index (κ3) is 3.85. The average molecular weight is 345 g/mol. The third-order valence-electron chi connectivity index (χ3n) is 4.83. The van der Waals surface area contributed by atoms with E-state index in [1.807, 2.05) is 42.5 Å². The second-order valence-corrected chi connectivity index (χ2v) is 6.81. The monoisotopic (exact) mass is 345 g/mol. The second-order valence-electron chi connectivity index (χ2n) is 6.81. The molecular weight excluding hydrogens is 322 g/mol. The molecule has 4 nitrogen and oxygen atoms in total. The maximum atomic E-state index is 12.3. The minimum absolute atomic E-state index is 0.0372. The van der Waals surface area contributed by atoms with E-state index in [2.05, 4.69) is 28.2 Å². The summed E-state index contributed by atoms with van der Waals surface area (Å²) in [5.41, 5.74) is 4.04. The summed E-state index contributed by atoms with van der Waals surface area (Å²) in [5, 5.41) is 3.01. The van der Waals surface area contributed by atoms with E-state index in [1.54, 1.807) is 0 Å². The molecule has 0 aliphatic carbocycles. The van der Waals surface area contributed by atoms with Gasteiger partial charge in [0, 0.05) is 36.8 Å². The molecule has 1 aliphatic rings. The van der Waals surface area contributed by atoms with Crippen LogP contribution in [-0.4, -0.2) is 15.5 Å². The zero-order valence-electron chi connectivity index (χ0n) is 14.8. The largest absolute Gasteiger partial charge is 0.334 e. The normalized spacial score (nSPS) is 13.2. The van der Waals surface area contributed by atoms with Crippen LogP contribution in [0.25, 0.3) is 11.3 Å². The molecule has 2 heterocycles. The zero-order chi connectivity index (χ0) is 17.8. The van der Waals surface area contributed by atoms with E-state index >= 15 is 0 Å². The van der Waals surface area contributed by atoms with Gasteiger partial charge in [-0.25, -0.2) is 4.98 Å². The predicted molar refractivity (Wildman–Crippen MR) is 104 cm³/mol. The highest BCUT2D eigenvalue weighted by atomic mass is 16.1. The Bertz CT molecular complexity index is 875. The summed E-state index contributed by atoms with van der Waals surface area (Å²) in [4.78, 5) is 17.0. The quantitative estimate of drug-likeness (QED) is 0.742. The molecule has 1 N–H and O–H groups in total. The molecule has 0 fully saturated rings. The zero-order valence-corrected chi connectivity index (χ0v) is 14.8. The van der Waals surface area contributed by atoms with Gasteiger partial charge in [0.1, 0.15) is 5.82 Å². The molecule has 0 atom stereocenters. The highest BCUT2D eigenvalue weighted by Gasteiger charge is 2.13. The summed E-state index contributed by atoms with van der Waals surface area (Å²) in [7, 11) is 0. The summed E-state index contributed by atoms with van der Waals surface area (Å²) in [6.07, 6.45) is 6.85.